The number of benzene rings is 1. The van der Waals surface area contributed by atoms with E-state index in [1.807, 2.05) is 25.1 Å². The SMILES string of the molecule is Cc1ccc([C@@H]2CNC(=O)C2)c(Cl)c1. The van der Waals surface area contributed by atoms with E-state index < -0.39 is 0 Å². The Hall–Kier alpha value is -1.02. The highest BCUT2D eigenvalue weighted by molar-refractivity contribution is 6.31. The van der Waals surface area contributed by atoms with Gasteiger partial charge in [0.1, 0.15) is 0 Å². The Bertz CT molecular complexity index is 376. The summed E-state index contributed by atoms with van der Waals surface area (Å²) in [5.74, 6) is 0.363. The van der Waals surface area contributed by atoms with Gasteiger partial charge in [-0.15, -0.1) is 0 Å². The lowest BCUT2D eigenvalue weighted by Crippen LogP contribution is -2.13. The highest BCUT2D eigenvalue weighted by Crippen LogP contribution is 2.29. The van der Waals surface area contributed by atoms with Gasteiger partial charge < -0.3 is 5.32 Å². The lowest BCUT2D eigenvalue weighted by atomic mass is 9.97. The van der Waals surface area contributed by atoms with Crippen molar-refractivity contribution < 1.29 is 4.79 Å². The van der Waals surface area contributed by atoms with Gasteiger partial charge in [-0.05, 0) is 24.1 Å². The molecule has 0 spiro atoms. The molecule has 14 heavy (non-hydrogen) atoms. The number of carbonyl (C=O) groups is 1. The molecule has 0 radical (unpaired) electrons. The zero-order valence-corrected chi connectivity index (χ0v) is 8.77. The normalized spacial score (nSPS) is 21.0. The molecule has 1 N–H and O–H groups in total. The number of hydrogen-bond acceptors (Lipinski definition) is 1. The third-order valence-electron chi connectivity index (χ3n) is 2.57. The van der Waals surface area contributed by atoms with Crippen LogP contribution < -0.4 is 5.32 Å². The average molecular weight is 210 g/mol. The van der Waals surface area contributed by atoms with E-state index in [4.69, 9.17) is 11.6 Å². The summed E-state index contributed by atoms with van der Waals surface area (Å²) in [4.78, 5) is 11.1. The maximum Gasteiger partial charge on any atom is 0.220 e. The smallest absolute Gasteiger partial charge is 0.220 e. The number of rotatable bonds is 1. The minimum Gasteiger partial charge on any atom is -0.355 e. The van der Waals surface area contributed by atoms with Crippen molar-refractivity contribution in [2.45, 2.75) is 19.3 Å². The van der Waals surface area contributed by atoms with Gasteiger partial charge in [0.15, 0.2) is 0 Å². The number of hydrogen-bond donors (Lipinski definition) is 1. The van der Waals surface area contributed by atoms with Crippen molar-refractivity contribution in [2.75, 3.05) is 6.54 Å². The minimum absolute atomic E-state index is 0.117. The molecule has 0 aliphatic carbocycles. The van der Waals surface area contributed by atoms with Gasteiger partial charge in [-0.1, -0.05) is 23.7 Å². The molecule has 1 aromatic rings. The van der Waals surface area contributed by atoms with Crippen molar-refractivity contribution in [3.63, 3.8) is 0 Å². The van der Waals surface area contributed by atoms with Gasteiger partial charge >= 0.3 is 0 Å². The molecule has 0 bridgehead atoms. The summed E-state index contributed by atoms with van der Waals surface area (Å²) in [6.45, 7) is 2.72. The number of aryl methyl sites for hydroxylation is 1. The molecular formula is C11H12ClNO. The maximum atomic E-state index is 11.1. The Kier molecular flexibility index (Phi) is 2.46. The molecule has 1 heterocycles. The summed E-state index contributed by atoms with van der Waals surface area (Å²) in [5, 5.41) is 3.58. The predicted molar refractivity (Wildman–Crippen MR) is 56.6 cm³/mol. The van der Waals surface area contributed by atoms with Gasteiger partial charge in [-0.25, -0.2) is 0 Å². The van der Waals surface area contributed by atoms with Crippen LogP contribution in [0.15, 0.2) is 18.2 Å². The van der Waals surface area contributed by atoms with Crippen LogP contribution in [0.25, 0.3) is 0 Å². The summed E-state index contributed by atoms with van der Waals surface area (Å²) in [7, 11) is 0. The highest BCUT2D eigenvalue weighted by Gasteiger charge is 2.24. The zero-order chi connectivity index (χ0) is 10.1. The van der Waals surface area contributed by atoms with Crippen LogP contribution in [0.3, 0.4) is 0 Å². The Balaban J connectivity index is 2.28. The van der Waals surface area contributed by atoms with Crippen molar-refractivity contribution in [3.05, 3.63) is 34.3 Å². The summed E-state index contributed by atoms with van der Waals surface area (Å²) in [5.41, 5.74) is 2.23. The molecule has 2 nitrogen and oxygen atoms in total. The van der Waals surface area contributed by atoms with Gasteiger partial charge in [0, 0.05) is 23.9 Å². The van der Waals surface area contributed by atoms with Crippen molar-refractivity contribution in [2.24, 2.45) is 0 Å². The van der Waals surface area contributed by atoms with Crippen LogP contribution in [0, 0.1) is 6.92 Å². The molecule has 1 aromatic carbocycles. The lowest BCUT2D eigenvalue weighted by Gasteiger charge is -2.10. The van der Waals surface area contributed by atoms with E-state index >= 15 is 0 Å². The van der Waals surface area contributed by atoms with Crippen LogP contribution in [0.5, 0.6) is 0 Å². The molecule has 1 amide bonds. The third-order valence-corrected chi connectivity index (χ3v) is 2.90. The van der Waals surface area contributed by atoms with Gasteiger partial charge in [0.05, 0.1) is 0 Å². The first kappa shape index (κ1) is 9.53. The molecule has 3 heteroatoms. The standard InChI is InChI=1S/C11H12ClNO/c1-7-2-3-9(10(12)4-7)8-5-11(14)13-6-8/h2-4,8H,5-6H2,1H3,(H,13,14)/t8-/m0/s1. The van der Waals surface area contributed by atoms with E-state index in [0.717, 1.165) is 16.1 Å². The molecule has 0 saturated carbocycles. The Morgan fingerprint density at radius 1 is 1.50 bits per heavy atom. The van der Waals surface area contributed by atoms with E-state index in [9.17, 15) is 4.79 Å². The van der Waals surface area contributed by atoms with Crippen molar-refractivity contribution in [1.82, 2.24) is 5.32 Å². The van der Waals surface area contributed by atoms with Crippen LogP contribution >= 0.6 is 11.6 Å². The first-order valence-corrected chi connectivity index (χ1v) is 5.07. The molecule has 1 saturated heterocycles. The topological polar surface area (TPSA) is 29.1 Å². The molecule has 1 atom stereocenters. The molecule has 1 fully saturated rings. The summed E-state index contributed by atoms with van der Waals surface area (Å²) >= 11 is 6.12. The van der Waals surface area contributed by atoms with Crippen LogP contribution in [0.4, 0.5) is 0 Å². The van der Waals surface area contributed by atoms with Crippen LogP contribution in [0.1, 0.15) is 23.5 Å². The monoisotopic (exact) mass is 209 g/mol. The van der Waals surface area contributed by atoms with Crippen LogP contribution in [-0.2, 0) is 4.79 Å². The number of halogens is 1. The Morgan fingerprint density at radius 3 is 2.86 bits per heavy atom. The molecule has 1 aliphatic heterocycles. The Morgan fingerprint density at radius 2 is 2.29 bits per heavy atom. The second-order valence-corrected chi connectivity index (χ2v) is 4.14. The van der Waals surface area contributed by atoms with Crippen molar-refractivity contribution in [1.29, 1.82) is 0 Å². The fraction of sp³-hybridized carbons (Fsp3) is 0.364. The van der Waals surface area contributed by atoms with Gasteiger partial charge in [0.25, 0.3) is 0 Å². The number of amides is 1. The second-order valence-electron chi connectivity index (χ2n) is 3.73. The second kappa shape index (κ2) is 3.62. The molecule has 1 aliphatic rings. The van der Waals surface area contributed by atoms with E-state index in [-0.39, 0.29) is 11.8 Å². The van der Waals surface area contributed by atoms with E-state index in [1.165, 1.54) is 0 Å². The average Bonchev–Trinajstić information content (AvgIpc) is 2.51. The third kappa shape index (κ3) is 1.75. The number of nitrogens with one attached hydrogen (secondary N) is 1. The molecule has 0 aromatic heterocycles. The maximum absolute atomic E-state index is 11.1. The Labute approximate surface area is 88.3 Å². The molecule has 74 valence electrons. The van der Waals surface area contributed by atoms with Gasteiger partial charge in [-0.3, -0.25) is 4.79 Å². The molecule has 0 unspecified atom stereocenters. The van der Waals surface area contributed by atoms with Crippen LogP contribution in [-0.4, -0.2) is 12.5 Å². The fourth-order valence-corrected chi connectivity index (χ4v) is 2.18. The van der Waals surface area contributed by atoms with E-state index in [0.29, 0.717) is 13.0 Å². The first-order valence-electron chi connectivity index (χ1n) is 4.69. The van der Waals surface area contributed by atoms with Crippen molar-refractivity contribution in [3.8, 4) is 0 Å². The summed E-state index contributed by atoms with van der Waals surface area (Å²) in [6.07, 6.45) is 0.558. The zero-order valence-electron chi connectivity index (χ0n) is 8.01. The quantitative estimate of drug-likeness (QED) is 0.755. The first-order chi connectivity index (χ1) is 6.66. The van der Waals surface area contributed by atoms with Gasteiger partial charge in [-0.2, -0.15) is 0 Å². The van der Waals surface area contributed by atoms with E-state index in [1.54, 1.807) is 0 Å². The minimum atomic E-state index is 0.117. The number of carbonyl (C=O) groups excluding carboxylic acids is 1. The molecule has 2 rings (SSSR count). The predicted octanol–water partition coefficient (Wildman–Crippen LogP) is 2.25. The lowest BCUT2D eigenvalue weighted by molar-refractivity contribution is -0.119. The van der Waals surface area contributed by atoms with Gasteiger partial charge in [0.2, 0.25) is 5.91 Å². The largest absolute Gasteiger partial charge is 0.355 e. The van der Waals surface area contributed by atoms with Crippen LogP contribution in [0.2, 0.25) is 5.02 Å². The fourth-order valence-electron chi connectivity index (χ4n) is 1.79. The highest BCUT2D eigenvalue weighted by atomic mass is 35.5. The van der Waals surface area contributed by atoms with E-state index in [2.05, 4.69) is 5.32 Å². The summed E-state index contributed by atoms with van der Waals surface area (Å²) in [6, 6.07) is 5.99. The van der Waals surface area contributed by atoms with Crippen molar-refractivity contribution >= 4 is 17.5 Å². The summed E-state index contributed by atoms with van der Waals surface area (Å²) < 4.78 is 0. The molecular weight excluding hydrogens is 198 g/mol.